The Morgan fingerprint density at radius 2 is 1.67 bits per heavy atom. The van der Waals surface area contributed by atoms with E-state index in [4.69, 9.17) is 28.4 Å². The van der Waals surface area contributed by atoms with E-state index in [0.29, 0.717) is 31.3 Å². The molecule has 2 saturated heterocycles. The fraction of sp³-hybridized carbons (Fsp3) is 0.897. The summed E-state index contributed by atoms with van der Waals surface area (Å²) in [6.07, 6.45) is 0.283. The van der Waals surface area contributed by atoms with Gasteiger partial charge in [0.15, 0.2) is 18.4 Å². The minimum atomic E-state index is -1.69. The minimum absolute atomic E-state index is 0.00183. The van der Waals surface area contributed by atoms with Crippen molar-refractivity contribution in [2.45, 2.75) is 174 Å². The maximum Gasteiger partial charge on any atom is 0.302 e. The van der Waals surface area contributed by atoms with E-state index in [1.54, 1.807) is 21.0 Å². The van der Waals surface area contributed by atoms with Gasteiger partial charge in [-0.15, -0.1) is 0 Å². The maximum atomic E-state index is 13.8. The van der Waals surface area contributed by atoms with Crippen LogP contribution in [-0.4, -0.2) is 126 Å². The third kappa shape index (κ3) is 11.3. The van der Waals surface area contributed by atoms with Gasteiger partial charge in [-0.25, -0.2) is 0 Å². The van der Waals surface area contributed by atoms with Gasteiger partial charge in [0, 0.05) is 50.7 Å². The average molecular weight is 728 g/mol. The Morgan fingerprint density at radius 1 is 1.00 bits per heavy atom. The first-order valence-corrected chi connectivity index (χ1v) is 19.0. The molecule has 2 heterocycles. The first-order chi connectivity index (χ1) is 23.7. The molecule has 296 valence electrons. The van der Waals surface area contributed by atoms with Crippen LogP contribution in [0.4, 0.5) is 0 Å². The molecule has 0 aromatic rings. The van der Waals surface area contributed by atoms with Gasteiger partial charge >= 0.3 is 5.97 Å². The summed E-state index contributed by atoms with van der Waals surface area (Å²) >= 11 is 0. The number of aliphatic hydroxyl groups excluding tert-OH is 2. The van der Waals surface area contributed by atoms with Crippen LogP contribution in [0.5, 0.6) is 0 Å². The van der Waals surface area contributed by atoms with Gasteiger partial charge in [-0.05, 0) is 85.0 Å². The number of Topliss-reactive ketones (excluding diaryl/α,β-unsaturated/α-hetero) is 1. The summed E-state index contributed by atoms with van der Waals surface area (Å²) < 4.78 is 37.4. The van der Waals surface area contributed by atoms with Crippen molar-refractivity contribution in [1.29, 1.82) is 0 Å². The van der Waals surface area contributed by atoms with Gasteiger partial charge in [0.05, 0.1) is 36.1 Å². The molecule has 12 heteroatoms. The third-order valence-electron chi connectivity index (χ3n) is 11.9. The summed E-state index contributed by atoms with van der Waals surface area (Å²) in [7, 11) is 5.69. The molecule has 15 atom stereocenters. The van der Waals surface area contributed by atoms with Gasteiger partial charge in [0.25, 0.3) is 0 Å². The van der Waals surface area contributed by atoms with Crippen LogP contribution in [0.25, 0.3) is 0 Å². The topological polar surface area (TPSA) is 153 Å². The Bertz CT molecular complexity index is 1170. The molecule has 1 unspecified atom stereocenters. The molecule has 0 spiro atoms. The molecular formula is C39H69NO11. The van der Waals surface area contributed by atoms with Gasteiger partial charge in [0.2, 0.25) is 0 Å². The highest BCUT2D eigenvalue weighted by Gasteiger charge is 2.48. The number of rotatable bonds is 9. The van der Waals surface area contributed by atoms with Gasteiger partial charge < -0.3 is 48.6 Å². The molecule has 2 aliphatic heterocycles. The molecule has 3 rings (SSSR count). The van der Waals surface area contributed by atoms with Crippen LogP contribution < -0.4 is 0 Å². The predicted molar refractivity (Wildman–Crippen MR) is 193 cm³/mol. The summed E-state index contributed by atoms with van der Waals surface area (Å²) in [6, 6.07) is 0.278. The zero-order chi connectivity index (χ0) is 38.4. The van der Waals surface area contributed by atoms with Crippen molar-refractivity contribution in [2.75, 3.05) is 27.8 Å². The van der Waals surface area contributed by atoms with E-state index in [-0.39, 0.29) is 43.3 Å². The lowest BCUT2D eigenvalue weighted by Gasteiger charge is -2.47. The molecule has 3 aliphatic rings. The van der Waals surface area contributed by atoms with Crippen molar-refractivity contribution >= 4 is 11.8 Å². The molecule has 3 N–H and O–H groups in total. The van der Waals surface area contributed by atoms with E-state index < -0.39 is 78.0 Å². The lowest BCUT2D eigenvalue weighted by Crippen LogP contribution is -2.57. The zero-order valence-electron chi connectivity index (χ0n) is 33.3. The highest BCUT2D eigenvalue weighted by atomic mass is 16.7. The summed E-state index contributed by atoms with van der Waals surface area (Å²) in [5, 5.41) is 35.0. The number of carbonyl (C=O) groups excluding carboxylic acids is 2. The van der Waals surface area contributed by atoms with Crippen LogP contribution in [0, 0.1) is 23.7 Å². The fourth-order valence-corrected chi connectivity index (χ4v) is 8.26. The Kier molecular flexibility index (Phi) is 16.1. The Hall–Kier alpha value is -1.48. The molecule has 0 radical (unpaired) electrons. The van der Waals surface area contributed by atoms with Gasteiger partial charge in [-0.2, -0.15) is 0 Å². The van der Waals surface area contributed by atoms with Crippen LogP contribution in [0.1, 0.15) is 107 Å². The summed E-state index contributed by atoms with van der Waals surface area (Å²) in [5.74, 6) is -2.41. The number of methoxy groups -OCH3 is 1. The Labute approximate surface area is 306 Å². The van der Waals surface area contributed by atoms with E-state index in [9.17, 15) is 24.9 Å². The quantitative estimate of drug-likeness (QED) is 0.289. The van der Waals surface area contributed by atoms with E-state index in [2.05, 4.69) is 25.9 Å². The van der Waals surface area contributed by atoms with Crippen molar-refractivity contribution < 1.29 is 53.3 Å². The number of allylic oxidation sites excluding steroid dienone is 1. The Balaban J connectivity index is 2.09. The van der Waals surface area contributed by atoms with E-state index in [1.807, 2.05) is 34.6 Å². The first kappa shape index (κ1) is 43.9. The van der Waals surface area contributed by atoms with Gasteiger partial charge in [0.1, 0.15) is 18.3 Å². The van der Waals surface area contributed by atoms with Crippen molar-refractivity contribution in [3.8, 4) is 0 Å². The lowest BCUT2D eigenvalue weighted by molar-refractivity contribution is -0.304. The van der Waals surface area contributed by atoms with E-state index in [1.165, 1.54) is 13.0 Å². The fourth-order valence-electron chi connectivity index (χ4n) is 8.26. The lowest BCUT2D eigenvalue weighted by atomic mass is 9.75. The number of ketones is 1. The van der Waals surface area contributed by atoms with Crippen LogP contribution >= 0.6 is 0 Å². The van der Waals surface area contributed by atoms with Crippen LogP contribution in [-0.2, 0) is 38.0 Å². The number of nitrogens with zero attached hydrogens (tertiary/aromatic N) is 1. The number of hydrogen-bond acceptors (Lipinski definition) is 12. The number of hydrogen-bond donors (Lipinski definition) is 3. The second-order valence-corrected chi connectivity index (χ2v) is 16.2. The van der Waals surface area contributed by atoms with Crippen molar-refractivity contribution in [3.05, 3.63) is 11.6 Å². The molecule has 2 fully saturated rings. The van der Waals surface area contributed by atoms with Crippen molar-refractivity contribution in [1.82, 2.24) is 4.90 Å². The van der Waals surface area contributed by atoms with Crippen LogP contribution in [0.2, 0.25) is 0 Å². The molecule has 0 amide bonds. The molecule has 12 nitrogen and oxygen atoms in total. The zero-order valence-corrected chi connectivity index (χ0v) is 33.3. The van der Waals surface area contributed by atoms with Crippen molar-refractivity contribution in [3.63, 3.8) is 0 Å². The second-order valence-electron chi connectivity index (χ2n) is 16.2. The molecule has 0 aromatic carbocycles. The van der Waals surface area contributed by atoms with Crippen LogP contribution in [0.3, 0.4) is 0 Å². The summed E-state index contributed by atoms with van der Waals surface area (Å²) in [5.41, 5.74) is -2.22. The smallest absolute Gasteiger partial charge is 0.302 e. The van der Waals surface area contributed by atoms with Crippen LogP contribution in [0.15, 0.2) is 11.6 Å². The first-order valence-electron chi connectivity index (χ1n) is 19.0. The molecule has 51 heavy (non-hydrogen) atoms. The SMILES string of the molecule is CC[C@H]1CC(O)[C@H](C)[C@@H](O[C@H]2C[C@@](C)(OC)[C@@H](O)[C@H](C)O2)[C@H](C)[C@@H](O[C@H]2C[C@@H](N(C)C)C[C@@H](C)O2)CC[C@@H](C)C(=O)/C(C)=C/[C@@]1(O)COC(C)=O. The Morgan fingerprint density at radius 3 is 2.25 bits per heavy atom. The van der Waals surface area contributed by atoms with E-state index >= 15 is 0 Å². The third-order valence-corrected chi connectivity index (χ3v) is 11.9. The minimum Gasteiger partial charge on any atom is -0.462 e. The maximum absolute atomic E-state index is 13.8. The normalized spacial score (nSPS) is 44.7. The van der Waals surface area contributed by atoms with E-state index in [0.717, 1.165) is 6.42 Å². The number of carbonyl (C=O) groups is 2. The number of esters is 1. The molecule has 1 aliphatic carbocycles. The largest absolute Gasteiger partial charge is 0.462 e. The molecule has 0 aromatic heterocycles. The van der Waals surface area contributed by atoms with Gasteiger partial charge in [-0.3, -0.25) is 9.59 Å². The predicted octanol–water partition coefficient (Wildman–Crippen LogP) is 4.40. The van der Waals surface area contributed by atoms with Crippen molar-refractivity contribution in [2.24, 2.45) is 23.7 Å². The monoisotopic (exact) mass is 727 g/mol. The second kappa shape index (κ2) is 18.7. The van der Waals surface area contributed by atoms with Gasteiger partial charge in [-0.1, -0.05) is 34.1 Å². The molecule has 0 bridgehead atoms. The number of ether oxygens (including phenoxy) is 6. The number of aliphatic hydroxyl groups is 3. The highest BCUT2D eigenvalue weighted by Crippen LogP contribution is 2.39. The summed E-state index contributed by atoms with van der Waals surface area (Å²) in [4.78, 5) is 27.9. The summed E-state index contributed by atoms with van der Waals surface area (Å²) in [6.45, 7) is 16.0. The standard InChI is InChI=1S/C39H69NO11/c1-13-29-17-31(42)25(5)36(51-34-20-38(9,46-12)37(44)27(7)49-34)26(6)32(50-33-18-30(40(10)11)16-24(4)48-33)15-14-22(2)35(43)23(3)19-39(29,45)21-47-28(8)41/h19,22,24-27,29-34,36-37,42,44-45H,13-18,20-21H2,1-12H3/b23-19+/t22-,24-,25+,26-,27+,29+,30+,31?,32+,33+,34+,36-,37+,38-,39-/m1/s1. The molecule has 0 saturated carbocycles. The highest BCUT2D eigenvalue weighted by molar-refractivity contribution is 5.96. The average Bonchev–Trinajstić information content (AvgIpc) is 3.07. The molecular weight excluding hydrogens is 658 g/mol.